The number of amidine groups is 1. The molecular weight excluding hydrogens is 392 g/mol. The molecule has 1 fully saturated rings. The molecule has 0 spiro atoms. The van der Waals surface area contributed by atoms with Crippen molar-refractivity contribution in [3.63, 3.8) is 0 Å². The average molecular weight is 415 g/mol. The van der Waals surface area contributed by atoms with Crippen LogP contribution in [-0.2, 0) is 14.4 Å². The van der Waals surface area contributed by atoms with Crippen LogP contribution in [0.4, 0.5) is 0 Å². The van der Waals surface area contributed by atoms with Gasteiger partial charge in [-0.3, -0.25) is 9.59 Å². The van der Waals surface area contributed by atoms with Gasteiger partial charge in [-0.2, -0.15) is 5.10 Å². The average Bonchev–Trinajstić information content (AvgIpc) is 3.04. The quantitative estimate of drug-likeness (QED) is 0.318. The van der Waals surface area contributed by atoms with Gasteiger partial charge in [0.2, 0.25) is 11.8 Å². The molecule has 154 valence electrons. The summed E-state index contributed by atoms with van der Waals surface area (Å²) in [5, 5.41) is 23.3. The van der Waals surface area contributed by atoms with Crippen molar-refractivity contribution >= 4 is 47.0 Å². The van der Waals surface area contributed by atoms with Crippen molar-refractivity contribution in [2.75, 3.05) is 6.54 Å². The van der Waals surface area contributed by atoms with E-state index in [-0.39, 0.29) is 24.7 Å². The Labute approximate surface area is 173 Å². The summed E-state index contributed by atoms with van der Waals surface area (Å²) in [6, 6.07) is 9.75. The zero-order valence-electron chi connectivity index (χ0n) is 15.9. The molecule has 1 atom stereocenters. The van der Waals surface area contributed by atoms with Gasteiger partial charge in [0.1, 0.15) is 5.25 Å². The number of thioether (sulfide) groups is 1. The van der Waals surface area contributed by atoms with E-state index in [1.165, 1.54) is 18.0 Å². The van der Waals surface area contributed by atoms with Crippen LogP contribution in [0.1, 0.15) is 37.7 Å². The summed E-state index contributed by atoms with van der Waals surface area (Å²) < 4.78 is 0. The minimum atomic E-state index is -1.06. The molecule has 29 heavy (non-hydrogen) atoms. The van der Waals surface area contributed by atoms with Gasteiger partial charge in [-0.1, -0.05) is 54.6 Å². The van der Waals surface area contributed by atoms with E-state index in [1.807, 2.05) is 36.4 Å². The number of allylic oxidation sites excluding steroid dienone is 1. The zero-order chi connectivity index (χ0) is 20.9. The van der Waals surface area contributed by atoms with E-state index in [0.717, 1.165) is 5.56 Å². The first-order valence-electron chi connectivity index (χ1n) is 9.31. The molecule has 0 aromatic heterocycles. The van der Waals surface area contributed by atoms with Crippen molar-refractivity contribution in [2.24, 2.45) is 10.2 Å². The Kier molecular flexibility index (Phi) is 9.64. The third kappa shape index (κ3) is 9.20. The van der Waals surface area contributed by atoms with Crippen molar-refractivity contribution in [3.05, 3.63) is 42.0 Å². The number of carboxylic acid groups (broad SMARTS) is 1. The number of carboxylic acids is 1. The Balaban J connectivity index is 1.67. The summed E-state index contributed by atoms with van der Waals surface area (Å²) >= 11 is 1.17. The predicted octanol–water partition coefficient (Wildman–Crippen LogP) is 1.09. The van der Waals surface area contributed by atoms with Crippen LogP contribution in [0, 0.1) is 0 Å². The number of rotatable bonds is 11. The van der Waals surface area contributed by atoms with Gasteiger partial charge in [-0.05, 0) is 30.9 Å². The first kappa shape index (κ1) is 22.4. The van der Waals surface area contributed by atoms with E-state index >= 15 is 0 Å². The fourth-order valence-electron chi connectivity index (χ4n) is 2.47. The van der Waals surface area contributed by atoms with Crippen LogP contribution in [0.5, 0.6) is 0 Å². The lowest BCUT2D eigenvalue weighted by Gasteiger charge is -2.07. The summed E-state index contributed by atoms with van der Waals surface area (Å²) in [5.41, 5.74) is 1.04. The maximum atomic E-state index is 12.0. The topological polar surface area (TPSA) is 123 Å². The number of amides is 2. The molecule has 1 aliphatic rings. The molecule has 0 radical (unpaired) electrons. The summed E-state index contributed by atoms with van der Waals surface area (Å²) in [6.07, 6.45) is 7.13. The van der Waals surface area contributed by atoms with Gasteiger partial charge in [0.25, 0.3) is 0 Å². The number of carbonyl (C=O) groups is 3. The number of nitrogens with zero attached hydrogens (tertiary/aromatic N) is 2. The minimum absolute atomic E-state index is 0.0273. The SMILES string of the molecule is O=C([O-])CCCCCNC(=O)C[C@H]1S\C(=N/N=C\C=C\c2ccccc2)NC1=O. The van der Waals surface area contributed by atoms with Crippen molar-refractivity contribution in [2.45, 2.75) is 37.4 Å². The Morgan fingerprint density at radius 3 is 2.76 bits per heavy atom. The first-order chi connectivity index (χ1) is 14.0. The molecule has 0 bridgehead atoms. The Hall–Kier alpha value is -2.94. The lowest BCUT2D eigenvalue weighted by Crippen LogP contribution is -2.31. The van der Waals surface area contributed by atoms with Crippen molar-refractivity contribution in [1.82, 2.24) is 10.6 Å². The monoisotopic (exact) mass is 415 g/mol. The van der Waals surface area contributed by atoms with Gasteiger partial charge in [-0.25, -0.2) is 0 Å². The summed E-state index contributed by atoms with van der Waals surface area (Å²) in [5.74, 6) is -1.56. The lowest BCUT2D eigenvalue weighted by molar-refractivity contribution is -0.305. The van der Waals surface area contributed by atoms with E-state index in [0.29, 0.717) is 31.0 Å². The van der Waals surface area contributed by atoms with E-state index in [9.17, 15) is 19.5 Å². The Bertz CT molecular complexity index is 793. The number of carbonyl (C=O) groups excluding carboxylic acids is 3. The molecule has 2 amide bonds. The van der Waals surface area contributed by atoms with Gasteiger partial charge in [0.15, 0.2) is 5.17 Å². The maximum absolute atomic E-state index is 12.0. The number of unbranched alkanes of at least 4 members (excludes halogenated alkanes) is 2. The second-order valence-electron chi connectivity index (χ2n) is 6.27. The smallest absolute Gasteiger partial charge is 0.240 e. The van der Waals surface area contributed by atoms with E-state index in [2.05, 4.69) is 20.8 Å². The molecule has 2 rings (SSSR count). The summed E-state index contributed by atoms with van der Waals surface area (Å²) in [4.78, 5) is 34.2. The fourth-order valence-corrected chi connectivity index (χ4v) is 3.39. The second-order valence-corrected chi connectivity index (χ2v) is 7.46. The van der Waals surface area contributed by atoms with Gasteiger partial charge in [0.05, 0.1) is 0 Å². The Morgan fingerprint density at radius 1 is 1.21 bits per heavy atom. The molecule has 8 nitrogen and oxygen atoms in total. The second kappa shape index (κ2) is 12.5. The number of hydrogen-bond acceptors (Lipinski definition) is 7. The molecule has 9 heteroatoms. The molecule has 1 aliphatic heterocycles. The number of hydrogen-bond donors (Lipinski definition) is 2. The fraction of sp³-hybridized carbons (Fsp3) is 0.350. The van der Waals surface area contributed by atoms with Crippen LogP contribution in [0.3, 0.4) is 0 Å². The molecular formula is C20H23N4O4S-. The third-order valence-corrected chi connectivity index (χ3v) is 4.99. The molecule has 0 unspecified atom stereocenters. The molecule has 1 heterocycles. The highest BCUT2D eigenvalue weighted by Gasteiger charge is 2.32. The Morgan fingerprint density at radius 2 is 2.00 bits per heavy atom. The van der Waals surface area contributed by atoms with Gasteiger partial charge >= 0.3 is 0 Å². The van der Waals surface area contributed by atoms with Gasteiger partial charge in [-0.15, -0.1) is 5.10 Å². The van der Waals surface area contributed by atoms with E-state index < -0.39 is 11.2 Å². The molecule has 1 aromatic rings. The molecule has 1 aromatic carbocycles. The molecule has 0 saturated carbocycles. The van der Waals surface area contributed by atoms with Gasteiger partial charge in [0, 0.05) is 25.1 Å². The van der Waals surface area contributed by atoms with E-state index in [4.69, 9.17) is 0 Å². The highest BCUT2D eigenvalue weighted by Crippen LogP contribution is 2.22. The highest BCUT2D eigenvalue weighted by atomic mass is 32.2. The molecule has 2 N–H and O–H groups in total. The minimum Gasteiger partial charge on any atom is -0.550 e. The number of nitrogens with one attached hydrogen (secondary N) is 2. The van der Waals surface area contributed by atoms with Crippen molar-refractivity contribution in [1.29, 1.82) is 0 Å². The number of aliphatic carboxylic acids is 1. The van der Waals surface area contributed by atoms with Crippen LogP contribution in [0.15, 0.2) is 46.6 Å². The summed E-state index contributed by atoms with van der Waals surface area (Å²) in [6.45, 7) is 0.448. The van der Waals surface area contributed by atoms with Crippen LogP contribution < -0.4 is 15.7 Å². The van der Waals surface area contributed by atoms with Crippen LogP contribution >= 0.6 is 11.8 Å². The van der Waals surface area contributed by atoms with Gasteiger partial charge < -0.3 is 20.5 Å². The standard InChI is InChI=1S/C20H24N4O4S/c25-17(21-12-6-2-5-11-18(26)27)14-16-19(28)23-20(29-16)24-22-13-7-10-15-8-3-1-4-9-15/h1,3-4,7-10,13,16H,2,5-6,11-12,14H2,(H,21,25)(H,26,27)(H,23,24,28)/p-1/b10-7+,22-13-/t16-/m1/s1. The zero-order valence-corrected chi connectivity index (χ0v) is 16.7. The van der Waals surface area contributed by atoms with Crippen LogP contribution in [0.2, 0.25) is 0 Å². The van der Waals surface area contributed by atoms with E-state index in [1.54, 1.807) is 6.08 Å². The summed E-state index contributed by atoms with van der Waals surface area (Å²) in [7, 11) is 0. The van der Waals surface area contributed by atoms with Crippen LogP contribution in [-0.4, -0.2) is 41.0 Å². The number of benzene rings is 1. The molecule has 0 aliphatic carbocycles. The normalized spacial score (nSPS) is 17.9. The first-order valence-corrected chi connectivity index (χ1v) is 10.2. The lowest BCUT2D eigenvalue weighted by atomic mass is 10.2. The van der Waals surface area contributed by atoms with Crippen molar-refractivity contribution < 1.29 is 19.5 Å². The molecule has 1 saturated heterocycles. The highest BCUT2D eigenvalue weighted by molar-refractivity contribution is 8.15. The predicted molar refractivity (Wildman–Crippen MR) is 112 cm³/mol. The maximum Gasteiger partial charge on any atom is 0.240 e. The van der Waals surface area contributed by atoms with Crippen molar-refractivity contribution in [3.8, 4) is 0 Å². The largest absolute Gasteiger partial charge is 0.550 e. The van der Waals surface area contributed by atoms with Crippen LogP contribution in [0.25, 0.3) is 6.08 Å². The third-order valence-electron chi connectivity index (χ3n) is 3.92.